The predicted octanol–water partition coefficient (Wildman–Crippen LogP) is 3.72. The van der Waals surface area contributed by atoms with Crippen molar-refractivity contribution >= 4 is 21.9 Å². The summed E-state index contributed by atoms with van der Waals surface area (Å²) in [7, 11) is 0. The summed E-state index contributed by atoms with van der Waals surface area (Å²) < 4.78 is 37.4. The number of esters is 1. The van der Waals surface area contributed by atoms with E-state index in [9.17, 15) is 13.6 Å². The molecule has 0 N–H and O–H groups in total. The van der Waals surface area contributed by atoms with Gasteiger partial charge in [0.1, 0.15) is 12.4 Å². The van der Waals surface area contributed by atoms with E-state index in [-0.39, 0.29) is 23.5 Å². The van der Waals surface area contributed by atoms with Gasteiger partial charge in [0.05, 0.1) is 11.6 Å². The van der Waals surface area contributed by atoms with Crippen LogP contribution in [0.3, 0.4) is 0 Å². The first kappa shape index (κ1) is 16.9. The highest BCUT2D eigenvalue weighted by molar-refractivity contribution is 9.10. The quantitative estimate of drug-likeness (QED) is 0.740. The van der Waals surface area contributed by atoms with E-state index in [1.807, 2.05) is 6.07 Å². The lowest BCUT2D eigenvalue weighted by molar-refractivity contribution is -0.147. The summed E-state index contributed by atoms with van der Waals surface area (Å²) in [6.07, 6.45) is 0. The van der Waals surface area contributed by atoms with E-state index in [1.165, 1.54) is 24.3 Å². The smallest absolute Gasteiger partial charge is 0.344 e. The van der Waals surface area contributed by atoms with Crippen LogP contribution in [-0.4, -0.2) is 12.6 Å². The van der Waals surface area contributed by atoms with Crippen molar-refractivity contribution in [3.8, 4) is 11.8 Å². The number of carbonyl (C=O) groups is 1. The Bertz CT molecular complexity index is 774. The van der Waals surface area contributed by atoms with Crippen molar-refractivity contribution in [1.29, 1.82) is 5.26 Å². The molecule has 0 aromatic heterocycles. The minimum atomic E-state index is -0.783. The molecule has 0 aliphatic carbocycles. The van der Waals surface area contributed by atoms with Gasteiger partial charge in [-0.15, -0.1) is 0 Å². The molecule has 0 amide bonds. The van der Waals surface area contributed by atoms with E-state index < -0.39 is 24.2 Å². The van der Waals surface area contributed by atoms with Gasteiger partial charge in [0.15, 0.2) is 18.2 Å². The van der Waals surface area contributed by atoms with E-state index in [2.05, 4.69) is 15.9 Å². The SMILES string of the molecule is N#Cc1ccc(F)c(COC(=O)COc2ccc(Br)cc2F)c1. The molecule has 0 unspecified atom stereocenters. The fourth-order valence-electron chi connectivity index (χ4n) is 1.68. The standard InChI is InChI=1S/C16H10BrF2NO3/c17-12-2-4-15(14(19)6-12)22-9-16(21)23-8-11-5-10(7-20)1-3-13(11)18/h1-6H,8-9H2. The Kier molecular flexibility index (Phi) is 5.66. The number of hydrogen-bond donors (Lipinski definition) is 0. The molecular weight excluding hydrogens is 372 g/mol. The molecule has 0 fully saturated rings. The number of ether oxygens (including phenoxy) is 2. The van der Waals surface area contributed by atoms with Gasteiger partial charge in [-0.3, -0.25) is 0 Å². The molecule has 0 saturated heterocycles. The maximum absolute atomic E-state index is 13.5. The first-order valence-corrected chi connectivity index (χ1v) is 7.21. The van der Waals surface area contributed by atoms with Gasteiger partial charge < -0.3 is 9.47 Å². The third-order valence-electron chi connectivity index (χ3n) is 2.80. The molecule has 0 radical (unpaired) electrons. The zero-order valence-corrected chi connectivity index (χ0v) is 13.3. The summed E-state index contributed by atoms with van der Waals surface area (Å²) in [4.78, 5) is 11.6. The minimum absolute atomic E-state index is 0.0761. The summed E-state index contributed by atoms with van der Waals surface area (Å²) in [5.74, 6) is -2.09. The van der Waals surface area contributed by atoms with Crippen molar-refractivity contribution in [2.75, 3.05) is 6.61 Å². The van der Waals surface area contributed by atoms with Gasteiger partial charge in [-0.2, -0.15) is 5.26 Å². The van der Waals surface area contributed by atoms with Crippen molar-refractivity contribution < 1.29 is 23.0 Å². The first-order valence-electron chi connectivity index (χ1n) is 6.41. The van der Waals surface area contributed by atoms with Crippen molar-refractivity contribution in [1.82, 2.24) is 0 Å². The number of benzene rings is 2. The Morgan fingerprint density at radius 1 is 1.17 bits per heavy atom. The molecule has 0 bridgehead atoms. The number of carbonyl (C=O) groups excluding carboxylic acids is 1. The number of nitrogens with zero attached hydrogens (tertiary/aromatic N) is 1. The fraction of sp³-hybridized carbons (Fsp3) is 0.125. The summed E-state index contributed by atoms with van der Waals surface area (Å²) in [5, 5.41) is 8.75. The molecule has 0 atom stereocenters. The van der Waals surface area contributed by atoms with Crippen LogP contribution in [0.15, 0.2) is 40.9 Å². The highest BCUT2D eigenvalue weighted by atomic mass is 79.9. The Hall–Kier alpha value is -2.46. The van der Waals surface area contributed by atoms with Crippen molar-refractivity contribution in [3.05, 3.63) is 63.6 Å². The molecule has 4 nitrogen and oxygen atoms in total. The number of nitriles is 1. The van der Waals surface area contributed by atoms with Gasteiger partial charge in [-0.05, 0) is 36.4 Å². The zero-order chi connectivity index (χ0) is 16.8. The molecule has 0 aliphatic heterocycles. The second-order valence-corrected chi connectivity index (χ2v) is 5.36. The Morgan fingerprint density at radius 2 is 1.96 bits per heavy atom. The van der Waals surface area contributed by atoms with Crippen LogP contribution in [0.5, 0.6) is 5.75 Å². The average Bonchev–Trinajstić information content (AvgIpc) is 2.53. The Morgan fingerprint density at radius 3 is 2.65 bits per heavy atom. The number of rotatable bonds is 5. The van der Waals surface area contributed by atoms with Crippen molar-refractivity contribution in [2.45, 2.75) is 6.61 Å². The predicted molar refractivity (Wildman–Crippen MR) is 80.5 cm³/mol. The van der Waals surface area contributed by atoms with E-state index in [1.54, 1.807) is 6.07 Å². The zero-order valence-electron chi connectivity index (χ0n) is 11.7. The van der Waals surface area contributed by atoms with E-state index in [4.69, 9.17) is 14.7 Å². The van der Waals surface area contributed by atoms with Crippen LogP contribution >= 0.6 is 15.9 Å². The van der Waals surface area contributed by atoms with Crippen LogP contribution in [0.25, 0.3) is 0 Å². The average molecular weight is 382 g/mol. The maximum Gasteiger partial charge on any atom is 0.344 e. The maximum atomic E-state index is 13.5. The number of halogens is 3. The van der Waals surface area contributed by atoms with Crippen LogP contribution in [0.4, 0.5) is 8.78 Å². The van der Waals surface area contributed by atoms with Crippen LogP contribution in [-0.2, 0) is 16.1 Å². The summed E-state index contributed by atoms with van der Waals surface area (Å²) >= 11 is 3.10. The lowest BCUT2D eigenvalue weighted by Crippen LogP contribution is -2.15. The van der Waals surface area contributed by atoms with Crippen LogP contribution < -0.4 is 4.74 Å². The molecular formula is C16H10BrF2NO3. The third-order valence-corrected chi connectivity index (χ3v) is 3.30. The molecule has 0 spiro atoms. The van der Waals surface area contributed by atoms with Crippen molar-refractivity contribution in [3.63, 3.8) is 0 Å². The second kappa shape index (κ2) is 7.70. The first-order chi connectivity index (χ1) is 11.0. The highest BCUT2D eigenvalue weighted by Gasteiger charge is 2.11. The van der Waals surface area contributed by atoms with Crippen LogP contribution in [0.1, 0.15) is 11.1 Å². The van der Waals surface area contributed by atoms with E-state index in [0.29, 0.717) is 4.47 Å². The second-order valence-electron chi connectivity index (χ2n) is 4.44. The van der Waals surface area contributed by atoms with Gasteiger partial charge >= 0.3 is 5.97 Å². The normalized spacial score (nSPS) is 10.0. The molecule has 0 aliphatic rings. The van der Waals surface area contributed by atoms with Crippen LogP contribution in [0, 0.1) is 23.0 Å². The van der Waals surface area contributed by atoms with Gasteiger partial charge in [-0.25, -0.2) is 13.6 Å². The topological polar surface area (TPSA) is 59.3 Å². The van der Waals surface area contributed by atoms with E-state index >= 15 is 0 Å². The van der Waals surface area contributed by atoms with Crippen molar-refractivity contribution in [2.24, 2.45) is 0 Å². The van der Waals surface area contributed by atoms with Crippen LogP contribution in [0.2, 0.25) is 0 Å². The number of hydrogen-bond acceptors (Lipinski definition) is 4. The molecule has 23 heavy (non-hydrogen) atoms. The molecule has 2 aromatic rings. The lowest BCUT2D eigenvalue weighted by Gasteiger charge is -2.08. The largest absolute Gasteiger partial charge is 0.479 e. The monoisotopic (exact) mass is 381 g/mol. The molecule has 7 heteroatoms. The fourth-order valence-corrected chi connectivity index (χ4v) is 2.02. The summed E-state index contributed by atoms with van der Waals surface area (Å²) in [6, 6.07) is 9.72. The van der Waals surface area contributed by atoms with Gasteiger partial charge in [-0.1, -0.05) is 15.9 Å². The molecule has 2 aromatic carbocycles. The van der Waals surface area contributed by atoms with Gasteiger partial charge in [0.2, 0.25) is 0 Å². The molecule has 0 saturated carbocycles. The molecule has 0 heterocycles. The Balaban J connectivity index is 1.89. The molecule has 2 rings (SSSR count). The summed E-state index contributed by atoms with van der Waals surface area (Å²) in [6.45, 7) is -0.857. The highest BCUT2D eigenvalue weighted by Crippen LogP contribution is 2.21. The lowest BCUT2D eigenvalue weighted by atomic mass is 10.1. The molecule has 118 valence electrons. The van der Waals surface area contributed by atoms with Gasteiger partial charge in [0.25, 0.3) is 0 Å². The van der Waals surface area contributed by atoms with Gasteiger partial charge in [0, 0.05) is 10.0 Å². The van der Waals surface area contributed by atoms with E-state index in [0.717, 1.165) is 6.07 Å². The third kappa shape index (κ3) is 4.76. The summed E-state index contributed by atoms with van der Waals surface area (Å²) in [5.41, 5.74) is 0.331. The Labute approximate surface area is 139 Å². The minimum Gasteiger partial charge on any atom is -0.479 e.